The van der Waals surface area contributed by atoms with Gasteiger partial charge in [0.25, 0.3) is 0 Å². The number of H-pyrrole nitrogens is 2. The summed E-state index contributed by atoms with van der Waals surface area (Å²) in [4.78, 5) is 16.9. The van der Waals surface area contributed by atoms with Crippen LogP contribution in [0.5, 0.6) is 0 Å². The zero-order valence-corrected chi connectivity index (χ0v) is 9.95. The number of carbonyl (C=O) groups is 1. The third kappa shape index (κ3) is 1.76. The molecule has 5 heteroatoms. The molecule has 0 saturated heterocycles. The molecule has 4 nitrogen and oxygen atoms in total. The number of nitrogens with one attached hydrogen (secondary N) is 2. The van der Waals surface area contributed by atoms with Gasteiger partial charge < -0.3 is 15.1 Å². The van der Waals surface area contributed by atoms with E-state index in [1.807, 2.05) is 24.3 Å². The summed E-state index contributed by atoms with van der Waals surface area (Å²) in [5.41, 5.74) is 2.70. The van der Waals surface area contributed by atoms with Crippen molar-refractivity contribution in [3.63, 3.8) is 0 Å². The number of hydrogen-bond donors (Lipinski definition) is 3. The molecule has 1 aromatic carbocycles. The number of aromatic carboxylic acids is 1. The quantitative estimate of drug-likeness (QED) is 0.660. The first-order valence-electron chi connectivity index (χ1n) is 5.34. The van der Waals surface area contributed by atoms with Gasteiger partial charge in [0.1, 0.15) is 5.69 Å². The third-order valence-corrected chi connectivity index (χ3v) is 3.02. The fourth-order valence-electron chi connectivity index (χ4n) is 1.93. The highest BCUT2D eigenvalue weighted by atomic mass is 35.5. The van der Waals surface area contributed by atoms with Crippen molar-refractivity contribution in [1.82, 2.24) is 9.97 Å². The van der Waals surface area contributed by atoms with E-state index < -0.39 is 5.97 Å². The van der Waals surface area contributed by atoms with Crippen molar-refractivity contribution in [2.75, 3.05) is 0 Å². The van der Waals surface area contributed by atoms with Gasteiger partial charge in [0, 0.05) is 15.9 Å². The second kappa shape index (κ2) is 3.92. The molecule has 0 aliphatic carbocycles. The number of carboxylic acid groups (broad SMARTS) is 1. The molecular formula is C13H9ClN2O2. The van der Waals surface area contributed by atoms with Crippen molar-refractivity contribution < 1.29 is 9.90 Å². The first kappa shape index (κ1) is 10.9. The summed E-state index contributed by atoms with van der Waals surface area (Å²) in [5.74, 6) is -0.972. The fraction of sp³-hybridized carbons (Fsp3) is 0. The summed E-state index contributed by atoms with van der Waals surface area (Å²) in [5, 5.41) is 10.5. The molecule has 0 atom stereocenters. The first-order valence-corrected chi connectivity index (χ1v) is 5.72. The van der Waals surface area contributed by atoms with Gasteiger partial charge in [-0.2, -0.15) is 0 Å². The maximum absolute atomic E-state index is 10.8. The summed E-state index contributed by atoms with van der Waals surface area (Å²) in [6.45, 7) is 0. The Morgan fingerprint density at radius 1 is 1.06 bits per heavy atom. The van der Waals surface area contributed by atoms with Crippen LogP contribution in [0.15, 0.2) is 36.4 Å². The number of halogens is 1. The Hall–Kier alpha value is -2.20. The topological polar surface area (TPSA) is 68.9 Å². The maximum Gasteiger partial charge on any atom is 0.352 e. The second-order valence-electron chi connectivity index (χ2n) is 4.01. The highest BCUT2D eigenvalue weighted by molar-refractivity contribution is 6.31. The monoisotopic (exact) mass is 260 g/mol. The van der Waals surface area contributed by atoms with Crippen LogP contribution < -0.4 is 0 Å². The average Bonchev–Trinajstić information content (AvgIpc) is 2.93. The molecule has 0 amide bonds. The highest BCUT2D eigenvalue weighted by Crippen LogP contribution is 2.25. The Bertz CT molecular complexity index is 742. The molecule has 18 heavy (non-hydrogen) atoms. The summed E-state index contributed by atoms with van der Waals surface area (Å²) in [7, 11) is 0. The summed E-state index contributed by atoms with van der Waals surface area (Å²) >= 11 is 5.92. The molecular weight excluding hydrogens is 252 g/mol. The van der Waals surface area contributed by atoms with Gasteiger partial charge in [-0.1, -0.05) is 11.6 Å². The molecule has 0 spiro atoms. The molecule has 0 unspecified atom stereocenters. The van der Waals surface area contributed by atoms with Crippen LogP contribution in [0, 0.1) is 0 Å². The van der Waals surface area contributed by atoms with Crippen molar-refractivity contribution in [3.05, 3.63) is 47.1 Å². The van der Waals surface area contributed by atoms with Crippen molar-refractivity contribution in [3.8, 4) is 11.4 Å². The van der Waals surface area contributed by atoms with E-state index >= 15 is 0 Å². The van der Waals surface area contributed by atoms with Crippen molar-refractivity contribution in [2.24, 2.45) is 0 Å². The number of fused-ring (bicyclic) bond motifs is 1. The van der Waals surface area contributed by atoms with Crippen LogP contribution in [0.1, 0.15) is 10.5 Å². The van der Waals surface area contributed by atoms with Crippen molar-refractivity contribution >= 4 is 28.5 Å². The van der Waals surface area contributed by atoms with Crippen molar-refractivity contribution in [2.45, 2.75) is 0 Å². The number of hydrogen-bond acceptors (Lipinski definition) is 1. The summed E-state index contributed by atoms with van der Waals surface area (Å²) < 4.78 is 0. The Balaban J connectivity index is 2.10. The van der Waals surface area contributed by atoms with Crippen LogP contribution in [0.4, 0.5) is 0 Å². The number of carboxylic acids is 1. The number of benzene rings is 1. The molecule has 2 heterocycles. The molecule has 3 aromatic rings. The van der Waals surface area contributed by atoms with Gasteiger partial charge in [-0.3, -0.25) is 0 Å². The number of aromatic nitrogens is 2. The zero-order valence-electron chi connectivity index (χ0n) is 9.20. The number of aromatic amines is 2. The normalized spacial score (nSPS) is 10.9. The van der Waals surface area contributed by atoms with Gasteiger partial charge in [-0.25, -0.2) is 4.79 Å². The minimum atomic E-state index is -0.972. The largest absolute Gasteiger partial charge is 0.477 e. The Morgan fingerprint density at radius 2 is 1.89 bits per heavy atom. The smallest absolute Gasteiger partial charge is 0.352 e. The Labute approximate surface area is 107 Å². The molecule has 3 N–H and O–H groups in total. The van der Waals surface area contributed by atoms with E-state index in [0.29, 0.717) is 5.02 Å². The van der Waals surface area contributed by atoms with Crippen LogP contribution in [-0.2, 0) is 0 Å². The van der Waals surface area contributed by atoms with Gasteiger partial charge in [-0.15, -0.1) is 0 Å². The predicted molar refractivity (Wildman–Crippen MR) is 70.1 cm³/mol. The van der Waals surface area contributed by atoms with Gasteiger partial charge in [0.2, 0.25) is 0 Å². The van der Waals surface area contributed by atoms with Crippen LogP contribution >= 0.6 is 11.6 Å². The third-order valence-electron chi connectivity index (χ3n) is 2.79. The zero-order chi connectivity index (χ0) is 12.7. The van der Waals surface area contributed by atoms with E-state index in [1.165, 1.54) is 6.07 Å². The van der Waals surface area contributed by atoms with Gasteiger partial charge in [0.05, 0.1) is 11.4 Å². The predicted octanol–water partition coefficient (Wildman–Crippen LogP) is 3.51. The molecule has 0 radical (unpaired) electrons. The Kier molecular flexibility index (Phi) is 2.38. The van der Waals surface area contributed by atoms with E-state index in [1.54, 1.807) is 6.07 Å². The van der Waals surface area contributed by atoms with Gasteiger partial charge in [-0.05, 0) is 36.4 Å². The molecule has 90 valence electrons. The minimum absolute atomic E-state index is 0.168. The van der Waals surface area contributed by atoms with E-state index in [-0.39, 0.29) is 5.69 Å². The van der Waals surface area contributed by atoms with Gasteiger partial charge >= 0.3 is 5.97 Å². The minimum Gasteiger partial charge on any atom is -0.477 e. The average molecular weight is 261 g/mol. The van der Waals surface area contributed by atoms with E-state index in [9.17, 15) is 4.79 Å². The lowest BCUT2D eigenvalue weighted by Crippen LogP contribution is -1.95. The highest BCUT2D eigenvalue weighted by Gasteiger charge is 2.09. The van der Waals surface area contributed by atoms with E-state index in [0.717, 1.165) is 22.3 Å². The second-order valence-corrected chi connectivity index (χ2v) is 4.44. The fourth-order valence-corrected chi connectivity index (χ4v) is 2.11. The molecule has 3 rings (SSSR count). The molecule has 0 aliphatic heterocycles. The van der Waals surface area contributed by atoms with Crippen LogP contribution in [0.2, 0.25) is 5.02 Å². The van der Waals surface area contributed by atoms with Crippen molar-refractivity contribution in [1.29, 1.82) is 0 Å². The summed E-state index contributed by atoms with van der Waals surface area (Å²) in [6, 6.07) is 10.8. The van der Waals surface area contributed by atoms with E-state index in [2.05, 4.69) is 9.97 Å². The lowest BCUT2D eigenvalue weighted by Gasteiger charge is -1.92. The lowest BCUT2D eigenvalue weighted by atomic mass is 10.2. The van der Waals surface area contributed by atoms with Crippen LogP contribution in [0.25, 0.3) is 22.3 Å². The number of rotatable bonds is 2. The molecule has 0 saturated carbocycles. The molecule has 0 fully saturated rings. The van der Waals surface area contributed by atoms with Crippen LogP contribution in [0.3, 0.4) is 0 Å². The standard InChI is InChI=1S/C13H9ClN2O2/c14-8-1-2-9-7(5-8)6-12(15-9)10-3-4-11(16-10)13(17)18/h1-6,15-16H,(H,17,18). The molecule has 2 aromatic heterocycles. The molecule has 0 aliphatic rings. The summed E-state index contributed by atoms with van der Waals surface area (Å²) in [6.07, 6.45) is 0. The van der Waals surface area contributed by atoms with Crippen LogP contribution in [-0.4, -0.2) is 21.0 Å². The molecule has 0 bridgehead atoms. The Morgan fingerprint density at radius 3 is 2.61 bits per heavy atom. The van der Waals surface area contributed by atoms with E-state index in [4.69, 9.17) is 16.7 Å². The SMILES string of the molecule is O=C(O)c1ccc(-c2cc3cc(Cl)ccc3[nH]2)[nH]1. The maximum atomic E-state index is 10.8. The first-order chi connectivity index (χ1) is 8.63. The lowest BCUT2D eigenvalue weighted by molar-refractivity contribution is 0.0691. The van der Waals surface area contributed by atoms with Gasteiger partial charge in [0.15, 0.2) is 0 Å².